The third-order valence-electron chi connectivity index (χ3n) is 4.78. The van der Waals surface area contributed by atoms with Gasteiger partial charge in [-0.1, -0.05) is 42.5 Å². The highest BCUT2D eigenvalue weighted by Gasteiger charge is 2.25. The fraction of sp³-hybridized carbons (Fsp3) is 0.227. The monoisotopic (exact) mass is 424 g/mol. The molecule has 1 aliphatic heterocycles. The summed E-state index contributed by atoms with van der Waals surface area (Å²) in [6, 6.07) is 15.5. The molecule has 0 saturated carbocycles. The molecule has 2 heterocycles. The van der Waals surface area contributed by atoms with E-state index in [4.69, 9.17) is 0 Å². The highest BCUT2D eigenvalue weighted by molar-refractivity contribution is 7.98. The van der Waals surface area contributed by atoms with Gasteiger partial charge in [-0.2, -0.15) is 16.9 Å². The zero-order chi connectivity index (χ0) is 20.9. The van der Waals surface area contributed by atoms with Crippen LogP contribution in [0, 0.1) is 5.82 Å². The van der Waals surface area contributed by atoms with Crippen molar-refractivity contribution in [1.82, 2.24) is 15.1 Å². The minimum atomic E-state index is -0.339. The van der Waals surface area contributed by atoms with E-state index >= 15 is 0 Å². The highest BCUT2D eigenvalue weighted by Crippen LogP contribution is 2.34. The van der Waals surface area contributed by atoms with E-state index in [1.165, 1.54) is 12.1 Å². The van der Waals surface area contributed by atoms with Crippen LogP contribution in [0.2, 0.25) is 0 Å². The number of amides is 2. The van der Waals surface area contributed by atoms with Crippen molar-refractivity contribution in [3.05, 3.63) is 82.8 Å². The quantitative estimate of drug-likeness (QED) is 0.610. The van der Waals surface area contributed by atoms with Crippen LogP contribution in [-0.4, -0.2) is 21.6 Å². The number of thioether (sulfide) groups is 1. The lowest BCUT2D eigenvalue weighted by Crippen LogP contribution is -2.29. The second kappa shape index (κ2) is 9.13. The van der Waals surface area contributed by atoms with Gasteiger partial charge < -0.3 is 10.6 Å². The van der Waals surface area contributed by atoms with Crippen LogP contribution in [0.3, 0.4) is 0 Å². The predicted octanol–water partition coefficient (Wildman–Crippen LogP) is 3.27. The van der Waals surface area contributed by atoms with Crippen LogP contribution in [0.4, 0.5) is 10.2 Å². The van der Waals surface area contributed by atoms with E-state index in [-0.39, 0.29) is 30.6 Å². The fourth-order valence-electron chi connectivity index (χ4n) is 3.27. The van der Waals surface area contributed by atoms with Gasteiger partial charge in [0.05, 0.1) is 12.1 Å². The summed E-state index contributed by atoms with van der Waals surface area (Å²) in [6.07, 6.45) is 0.119. The number of benzene rings is 2. The Morgan fingerprint density at radius 2 is 1.77 bits per heavy atom. The van der Waals surface area contributed by atoms with E-state index in [1.807, 2.05) is 30.3 Å². The summed E-state index contributed by atoms with van der Waals surface area (Å²) in [5, 5.41) is 10.3. The van der Waals surface area contributed by atoms with Crippen LogP contribution in [0.5, 0.6) is 0 Å². The number of carbonyl (C=O) groups is 2. The number of nitrogens with zero attached hydrogens (tertiary/aromatic N) is 2. The fourth-order valence-corrected chi connectivity index (χ4v) is 4.31. The SMILES string of the molecule is O=C(Cn1nc2c(c1NC(=O)Cc1ccc(F)cc1)CSC2)NCc1ccccc1. The molecular formula is C22H21FN4O2S. The first-order valence-electron chi connectivity index (χ1n) is 9.59. The van der Waals surface area contributed by atoms with Crippen LogP contribution in [0.1, 0.15) is 22.4 Å². The molecule has 6 nitrogen and oxygen atoms in total. The van der Waals surface area contributed by atoms with Crippen molar-refractivity contribution in [1.29, 1.82) is 0 Å². The Labute approximate surface area is 177 Å². The van der Waals surface area contributed by atoms with Gasteiger partial charge in [-0.3, -0.25) is 9.59 Å². The lowest BCUT2D eigenvalue weighted by atomic mass is 10.1. The van der Waals surface area contributed by atoms with E-state index in [0.717, 1.165) is 28.3 Å². The van der Waals surface area contributed by atoms with Gasteiger partial charge in [0.2, 0.25) is 11.8 Å². The lowest BCUT2D eigenvalue weighted by molar-refractivity contribution is -0.122. The van der Waals surface area contributed by atoms with Crippen LogP contribution < -0.4 is 10.6 Å². The zero-order valence-corrected chi connectivity index (χ0v) is 17.0. The third-order valence-corrected chi connectivity index (χ3v) is 5.75. The minimum Gasteiger partial charge on any atom is -0.350 e. The summed E-state index contributed by atoms with van der Waals surface area (Å²) in [6.45, 7) is 0.458. The average molecular weight is 425 g/mol. The zero-order valence-electron chi connectivity index (χ0n) is 16.2. The van der Waals surface area contributed by atoms with Crippen molar-refractivity contribution in [2.75, 3.05) is 5.32 Å². The molecule has 8 heteroatoms. The summed E-state index contributed by atoms with van der Waals surface area (Å²) in [5.41, 5.74) is 3.58. The van der Waals surface area contributed by atoms with Crippen LogP contribution in [0.25, 0.3) is 0 Å². The molecule has 1 aliphatic rings. The Morgan fingerprint density at radius 3 is 2.53 bits per heavy atom. The molecule has 0 spiro atoms. The molecule has 0 aliphatic carbocycles. The average Bonchev–Trinajstić information content (AvgIpc) is 3.32. The molecule has 0 saturated heterocycles. The van der Waals surface area contributed by atoms with Crippen molar-refractivity contribution in [2.45, 2.75) is 31.0 Å². The molecule has 1 aromatic heterocycles. The van der Waals surface area contributed by atoms with Gasteiger partial charge in [0.25, 0.3) is 0 Å². The van der Waals surface area contributed by atoms with Crippen LogP contribution in [0.15, 0.2) is 54.6 Å². The first-order chi connectivity index (χ1) is 14.6. The van der Waals surface area contributed by atoms with Gasteiger partial charge in [0, 0.05) is 23.6 Å². The maximum Gasteiger partial charge on any atom is 0.242 e. The molecule has 2 aromatic carbocycles. The van der Waals surface area contributed by atoms with Crippen molar-refractivity contribution >= 4 is 29.4 Å². The normalized spacial score (nSPS) is 12.4. The van der Waals surface area contributed by atoms with Crippen molar-refractivity contribution in [3.63, 3.8) is 0 Å². The largest absolute Gasteiger partial charge is 0.350 e. The molecule has 0 fully saturated rings. The van der Waals surface area contributed by atoms with Crippen molar-refractivity contribution in [3.8, 4) is 0 Å². The smallest absolute Gasteiger partial charge is 0.242 e. The summed E-state index contributed by atoms with van der Waals surface area (Å²) in [5.74, 6) is 1.32. The molecule has 0 atom stereocenters. The number of hydrogen-bond donors (Lipinski definition) is 2. The summed E-state index contributed by atoms with van der Waals surface area (Å²) in [4.78, 5) is 25.0. The molecule has 0 radical (unpaired) electrons. The van der Waals surface area contributed by atoms with Crippen LogP contribution in [-0.2, 0) is 40.6 Å². The first kappa shape index (κ1) is 20.2. The molecule has 2 amide bonds. The Bertz CT molecular complexity index is 1050. The number of halogens is 1. The number of hydrogen-bond acceptors (Lipinski definition) is 4. The molecule has 30 heavy (non-hydrogen) atoms. The van der Waals surface area contributed by atoms with Gasteiger partial charge >= 0.3 is 0 Å². The Hall–Kier alpha value is -3.13. The second-order valence-electron chi connectivity index (χ2n) is 7.04. The van der Waals surface area contributed by atoms with Gasteiger partial charge in [-0.15, -0.1) is 0 Å². The van der Waals surface area contributed by atoms with Crippen molar-refractivity contribution < 1.29 is 14.0 Å². The topological polar surface area (TPSA) is 76.0 Å². The van der Waals surface area contributed by atoms with E-state index in [1.54, 1.807) is 28.6 Å². The molecule has 2 N–H and O–H groups in total. The van der Waals surface area contributed by atoms with Gasteiger partial charge in [0.15, 0.2) is 0 Å². The van der Waals surface area contributed by atoms with Gasteiger partial charge in [-0.05, 0) is 23.3 Å². The number of rotatable bonds is 7. The van der Waals surface area contributed by atoms with E-state index in [0.29, 0.717) is 17.9 Å². The van der Waals surface area contributed by atoms with Crippen molar-refractivity contribution in [2.24, 2.45) is 0 Å². The molecule has 0 unspecified atom stereocenters. The molecule has 0 bridgehead atoms. The number of aromatic nitrogens is 2. The molecule has 3 aromatic rings. The third kappa shape index (κ3) is 4.88. The number of nitrogens with one attached hydrogen (secondary N) is 2. The van der Waals surface area contributed by atoms with Gasteiger partial charge in [0.1, 0.15) is 18.2 Å². The highest BCUT2D eigenvalue weighted by atomic mass is 32.2. The summed E-state index contributed by atoms with van der Waals surface area (Å²) >= 11 is 1.72. The standard InChI is InChI=1S/C22H21FN4O2S/c23-17-8-6-15(7-9-17)10-20(28)25-22-18-13-30-14-19(18)26-27(22)12-21(29)24-11-16-4-2-1-3-5-16/h1-9H,10-14H2,(H,24,29)(H,25,28). The van der Waals surface area contributed by atoms with E-state index in [9.17, 15) is 14.0 Å². The predicted molar refractivity (Wildman–Crippen MR) is 114 cm³/mol. The molecular weight excluding hydrogens is 403 g/mol. The first-order valence-corrected chi connectivity index (χ1v) is 10.7. The lowest BCUT2D eigenvalue weighted by Gasteiger charge is -2.11. The van der Waals surface area contributed by atoms with Gasteiger partial charge in [-0.25, -0.2) is 9.07 Å². The Balaban J connectivity index is 1.43. The minimum absolute atomic E-state index is 0.0245. The van der Waals surface area contributed by atoms with E-state index in [2.05, 4.69) is 15.7 Å². The summed E-state index contributed by atoms with van der Waals surface area (Å²) in [7, 11) is 0. The van der Waals surface area contributed by atoms with E-state index < -0.39 is 0 Å². The maximum absolute atomic E-state index is 13.1. The summed E-state index contributed by atoms with van der Waals surface area (Å²) < 4.78 is 14.6. The number of anilines is 1. The Morgan fingerprint density at radius 1 is 1.00 bits per heavy atom. The number of carbonyl (C=O) groups excluding carboxylic acids is 2. The molecule has 4 rings (SSSR count). The Kier molecular flexibility index (Phi) is 6.13. The number of fused-ring (bicyclic) bond motifs is 1. The van der Waals surface area contributed by atoms with Crippen LogP contribution >= 0.6 is 11.8 Å². The second-order valence-corrected chi connectivity index (χ2v) is 8.02. The maximum atomic E-state index is 13.1. The molecule has 154 valence electrons.